The van der Waals surface area contributed by atoms with E-state index in [0.717, 1.165) is 4.57 Å². The third-order valence-corrected chi connectivity index (χ3v) is 12.5. The number of phosphoric acid groups is 1. The Bertz CT molecular complexity index is 1900. The van der Waals surface area contributed by atoms with E-state index in [1.54, 1.807) is 36.4 Å². The second kappa shape index (κ2) is 15.1. The van der Waals surface area contributed by atoms with Crippen LogP contribution in [0.1, 0.15) is 32.1 Å². The van der Waals surface area contributed by atoms with Crippen molar-refractivity contribution in [2.45, 2.75) is 67.6 Å². The van der Waals surface area contributed by atoms with Crippen molar-refractivity contribution in [1.29, 1.82) is 0 Å². The van der Waals surface area contributed by atoms with Crippen LogP contribution >= 0.6 is 7.82 Å². The van der Waals surface area contributed by atoms with Gasteiger partial charge in [0.1, 0.15) is 6.23 Å². The summed E-state index contributed by atoms with van der Waals surface area (Å²) in [5, 5.41) is 3.70. The van der Waals surface area contributed by atoms with E-state index >= 15 is 0 Å². The van der Waals surface area contributed by atoms with E-state index < -0.39 is 87.4 Å². The highest BCUT2D eigenvalue weighted by Crippen LogP contribution is 2.53. The summed E-state index contributed by atoms with van der Waals surface area (Å²) in [6.07, 6.45) is -3.39. The fourth-order valence-corrected chi connectivity index (χ4v) is 9.48. The van der Waals surface area contributed by atoms with Crippen LogP contribution in [-0.4, -0.2) is 68.9 Å². The van der Waals surface area contributed by atoms with E-state index in [0.29, 0.717) is 0 Å². The molecule has 0 bridgehead atoms. The van der Waals surface area contributed by atoms with Gasteiger partial charge in [0.2, 0.25) is 0 Å². The van der Waals surface area contributed by atoms with Crippen molar-refractivity contribution in [3.63, 3.8) is 0 Å². The summed E-state index contributed by atoms with van der Waals surface area (Å²) in [6.45, 7) is 3.56. The van der Waals surface area contributed by atoms with Crippen molar-refractivity contribution in [1.82, 2.24) is 9.55 Å². The molecule has 254 valence electrons. The van der Waals surface area contributed by atoms with Crippen LogP contribution in [0.3, 0.4) is 0 Å². The summed E-state index contributed by atoms with van der Waals surface area (Å²) in [5.74, 6) is -1.25. The van der Waals surface area contributed by atoms with Crippen LogP contribution in [0, 0.1) is 6.92 Å². The van der Waals surface area contributed by atoms with Crippen LogP contribution in [0.25, 0.3) is 10.4 Å². The molecule has 0 spiro atoms. The van der Waals surface area contributed by atoms with Crippen LogP contribution in [0.2, 0.25) is 0 Å². The number of hydrogen-bond donors (Lipinski definition) is 1. The first-order valence-electron chi connectivity index (χ1n) is 14.3. The minimum absolute atomic E-state index is 0.00443. The third kappa shape index (κ3) is 9.49. The Morgan fingerprint density at radius 1 is 0.979 bits per heavy atom. The molecule has 16 nitrogen and oxygen atoms in total. The molecule has 1 saturated heterocycles. The van der Waals surface area contributed by atoms with Gasteiger partial charge in [-0.15, -0.1) is 0 Å². The molecule has 0 aliphatic carbocycles. The highest BCUT2D eigenvalue weighted by molar-refractivity contribution is 7.91. The van der Waals surface area contributed by atoms with E-state index in [-0.39, 0.29) is 21.8 Å². The minimum atomic E-state index is -4.76. The lowest BCUT2D eigenvalue weighted by atomic mass is 10.1. The molecule has 2 heterocycles. The maximum absolute atomic E-state index is 14.1. The molecule has 19 heteroatoms. The second-order valence-electron chi connectivity index (χ2n) is 10.9. The lowest BCUT2D eigenvalue weighted by Crippen LogP contribution is -2.33. The Morgan fingerprint density at radius 2 is 1.49 bits per heavy atom. The zero-order valence-corrected chi connectivity index (χ0v) is 28.1. The predicted octanol–water partition coefficient (Wildman–Crippen LogP) is 3.69. The number of azide groups is 1. The SMILES string of the molecule is Cc1cn([C@H]2CC(N=[N+]=[N-])[C@@H](COP(=O)(OC(C)CS(=O)(=O)c3ccccc3)OC(C)CS(=O)(=O)c3ccccc3)O2)c(=O)[nH]c1=O. The molecule has 1 aliphatic rings. The molecule has 1 fully saturated rings. The number of phosphoric ester groups is 1. The Hall–Kier alpha value is -3.60. The van der Waals surface area contributed by atoms with Crippen LogP contribution in [0.4, 0.5) is 0 Å². The van der Waals surface area contributed by atoms with Crippen molar-refractivity contribution in [2.75, 3.05) is 18.1 Å². The Morgan fingerprint density at radius 3 is 1.98 bits per heavy atom. The lowest BCUT2D eigenvalue weighted by Gasteiger charge is -2.26. The topological polar surface area (TPSA) is 226 Å². The molecule has 47 heavy (non-hydrogen) atoms. The van der Waals surface area contributed by atoms with E-state index in [2.05, 4.69) is 15.0 Å². The molecule has 1 N–H and O–H groups in total. The van der Waals surface area contributed by atoms with Gasteiger partial charge in [-0.05, 0) is 50.6 Å². The number of nitrogens with one attached hydrogen (secondary N) is 1. The average molecular weight is 712 g/mol. The van der Waals surface area contributed by atoms with Gasteiger partial charge in [0.15, 0.2) is 19.7 Å². The summed E-state index contributed by atoms with van der Waals surface area (Å²) in [5.41, 5.74) is 8.00. The number of aromatic nitrogens is 2. The van der Waals surface area contributed by atoms with E-state index in [4.69, 9.17) is 23.8 Å². The molecule has 3 unspecified atom stereocenters. The number of sulfone groups is 2. The maximum atomic E-state index is 14.1. The molecule has 1 aromatic heterocycles. The number of rotatable bonds is 15. The van der Waals surface area contributed by atoms with E-state index in [9.17, 15) is 31.0 Å². The molecular weight excluding hydrogens is 677 g/mol. The van der Waals surface area contributed by atoms with Gasteiger partial charge in [0.05, 0.1) is 52.3 Å². The van der Waals surface area contributed by atoms with Crippen LogP contribution < -0.4 is 11.2 Å². The molecule has 5 atom stereocenters. The molecule has 1 aliphatic heterocycles. The summed E-state index contributed by atoms with van der Waals surface area (Å²) < 4.78 is 89.7. The summed E-state index contributed by atoms with van der Waals surface area (Å²) in [4.78, 5) is 29.3. The van der Waals surface area contributed by atoms with Gasteiger partial charge in [-0.1, -0.05) is 41.5 Å². The van der Waals surface area contributed by atoms with Crippen molar-refractivity contribution in [3.05, 3.63) is 104 Å². The van der Waals surface area contributed by atoms with Gasteiger partial charge in [-0.3, -0.25) is 27.9 Å². The fourth-order valence-electron chi connectivity index (χ4n) is 4.84. The highest BCUT2D eigenvalue weighted by Gasteiger charge is 2.41. The van der Waals surface area contributed by atoms with Crippen molar-refractivity contribution >= 4 is 27.5 Å². The number of benzene rings is 2. The minimum Gasteiger partial charge on any atom is -0.352 e. The fraction of sp³-hybridized carbons (Fsp3) is 0.429. The second-order valence-corrected chi connectivity index (χ2v) is 16.5. The molecule has 0 radical (unpaired) electrons. The summed E-state index contributed by atoms with van der Waals surface area (Å²) in [7, 11) is -12.6. The molecule has 2 aromatic carbocycles. The van der Waals surface area contributed by atoms with Gasteiger partial charge < -0.3 is 4.74 Å². The first-order chi connectivity index (χ1) is 22.1. The Balaban J connectivity index is 1.56. The molecular formula is C28H34N5O11PS2. The number of H-pyrrole nitrogens is 1. The monoisotopic (exact) mass is 711 g/mol. The summed E-state index contributed by atoms with van der Waals surface area (Å²) >= 11 is 0. The maximum Gasteiger partial charge on any atom is 0.475 e. The highest BCUT2D eigenvalue weighted by atomic mass is 32.2. The van der Waals surface area contributed by atoms with Crippen molar-refractivity contribution < 1.29 is 39.7 Å². The standard InChI is InChI=1S/C28H34N5O11PS2/c1-19-15-33(28(35)30-27(19)34)26-14-24(31-32-29)25(42-26)16-41-45(36,43-20(2)17-46(37,38)22-10-6-4-7-11-22)44-21(3)18-47(39,40)23-12-8-5-9-13-23/h4-13,15,20-21,24-26H,14,16-18H2,1-3H3,(H,30,34,35)/t20?,21?,24?,25-,26-,45?/m1/s1. The van der Waals surface area contributed by atoms with Crippen LogP contribution in [-0.2, 0) is 42.5 Å². The first-order valence-corrected chi connectivity index (χ1v) is 19.1. The number of ether oxygens (including phenoxy) is 1. The summed E-state index contributed by atoms with van der Waals surface area (Å²) in [6, 6.07) is 14.1. The molecule has 4 rings (SSSR count). The molecule has 0 amide bonds. The number of hydrogen-bond acceptors (Lipinski definition) is 12. The quantitative estimate of drug-likeness (QED) is 0.103. The number of aromatic amines is 1. The third-order valence-electron chi connectivity index (χ3n) is 6.99. The van der Waals surface area contributed by atoms with E-state index in [1.807, 2.05) is 0 Å². The van der Waals surface area contributed by atoms with Crippen LogP contribution in [0.15, 0.2) is 91.4 Å². The first kappa shape index (κ1) is 36.2. The zero-order chi connectivity index (χ0) is 34.4. The lowest BCUT2D eigenvalue weighted by molar-refractivity contribution is -0.0333. The van der Waals surface area contributed by atoms with Gasteiger partial charge in [0, 0.05) is 23.1 Å². The average Bonchev–Trinajstić information content (AvgIpc) is 3.40. The van der Waals surface area contributed by atoms with Gasteiger partial charge in [-0.2, -0.15) is 0 Å². The number of aryl methyl sites for hydroxylation is 1. The smallest absolute Gasteiger partial charge is 0.352 e. The Labute approximate surface area is 270 Å². The normalized spacial score (nSPS) is 21.0. The van der Waals surface area contributed by atoms with Crippen LogP contribution in [0.5, 0.6) is 0 Å². The predicted molar refractivity (Wildman–Crippen MR) is 169 cm³/mol. The van der Waals surface area contributed by atoms with Crippen molar-refractivity contribution in [3.8, 4) is 0 Å². The van der Waals surface area contributed by atoms with Gasteiger partial charge in [-0.25, -0.2) is 26.2 Å². The van der Waals surface area contributed by atoms with Crippen molar-refractivity contribution in [2.24, 2.45) is 5.11 Å². The molecule has 0 saturated carbocycles. The van der Waals surface area contributed by atoms with Gasteiger partial charge in [0.25, 0.3) is 5.56 Å². The number of nitrogens with zero attached hydrogens (tertiary/aromatic N) is 4. The zero-order valence-electron chi connectivity index (χ0n) is 25.6. The Kier molecular flexibility index (Phi) is 11.6. The molecule has 3 aromatic rings. The van der Waals surface area contributed by atoms with Gasteiger partial charge >= 0.3 is 13.5 Å². The van der Waals surface area contributed by atoms with E-state index in [1.165, 1.54) is 51.2 Å². The largest absolute Gasteiger partial charge is 0.475 e.